The molecule has 0 atom stereocenters. The number of aryl methyl sites for hydroxylation is 2. The van der Waals surface area contributed by atoms with E-state index in [0.717, 1.165) is 56.1 Å². The van der Waals surface area contributed by atoms with Crippen molar-refractivity contribution in [2.24, 2.45) is 13.0 Å². The molecule has 4 rings (SSSR count). The van der Waals surface area contributed by atoms with Gasteiger partial charge in [-0.05, 0) is 69.1 Å². The van der Waals surface area contributed by atoms with Gasteiger partial charge < -0.3 is 19.2 Å². The molecule has 4 heterocycles. The maximum Gasteiger partial charge on any atom is 0.223 e. The first kappa shape index (κ1) is 18.7. The first-order chi connectivity index (χ1) is 13.6. The van der Waals surface area contributed by atoms with Crippen LogP contribution in [-0.2, 0) is 24.8 Å². The number of rotatable bonds is 6. The SMILES string of the molecule is Cc1ccc(CNC(=O)C2CCN(CCc3cn(C)c4ncccc34)CC2)o1. The molecule has 6 nitrogen and oxygen atoms in total. The average molecular weight is 380 g/mol. The highest BCUT2D eigenvalue weighted by atomic mass is 16.3. The molecule has 0 saturated carbocycles. The Bertz CT molecular complexity index is 951. The standard InChI is InChI=1S/C22H28N4O2/c1-16-5-6-19(28-16)14-24-22(27)17-7-11-26(12-8-17)13-9-18-15-25(2)21-20(18)4-3-10-23-21/h3-6,10,15,17H,7-9,11-14H2,1-2H3,(H,24,27). The van der Waals surface area contributed by atoms with Gasteiger partial charge in [-0.3, -0.25) is 4.79 Å². The predicted molar refractivity (Wildman–Crippen MR) is 109 cm³/mol. The summed E-state index contributed by atoms with van der Waals surface area (Å²) in [7, 11) is 2.05. The van der Waals surface area contributed by atoms with Gasteiger partial charge in [-0.15, -0.1) is 0 Å². The van der Waals surface area contributed by atoms with Crippen LogP contribution in [0.5, 0.6) is 0 Å². The zero-order chi connectivity index (χ0) is 19.5. The Balaban J connectivity index is 1.24. The number of furan rings is 1. The summed E-state index contributed by atoms with van der Waals surface area (Å²) < 4.78 is 7.61. The first-order valence-electron chi connectivity index (χ1n) is 10.0. The van der Waals surface area contributed by atoms with Crippen LogP contribution in [0.4, 0.5) is 0 Å². The van der Waals surface area contributed by atoms with E-state index in [1.807, 2.05) is 38.4 Å². The highest BCUT2D eigenvalue weighted by Gasteiger charge is 2.25. The number of nitrogens with one attached hydrogen (secondary N) is 1. The minimum absolute atomic E-state index is 0.106. The van der Waals surface area contributed by atoms with Crippen molar-refractivity contribution in [3.8, 4) is 0 Å². The molecular weight excluding hydrogens is 352 g/mol. The number of amides is 1. The number of fused-ring (bicyclic) bond motifs is 1. The number of hydrogen-bond donors (Lipinski definition) is 1. The number of piperidine rings is 1. The summed E-state index contributed by atoms with van der Waals surface area (Å²) in [6.45, 7) is 5.35. The second-order valence-electron chi connectivity index (χ2n) is 7.74. The van der Waals surface area contributed by atoms with Crippen molar-refractivity contribution in [2.75, 3.05) is 19.6 Å². The molecule has 1 saturated heterocycles. The van der Waals surface area contributed by atoms with Crippen LogP contribution in [0.2, 0.25) is 0 Å². The van der Waals surface area contributed by atoms with E-state index in [0.29, 0.717) is 6.54 Å². The molecule has 1 N–H and O–H groups in total. The monoisotopic (exact) mass is 380 g/mol. The van der Waals surface area contributed by atoms with Crippen molar-refractivity contribution in [2.45, 2.75) is 32.7 Å². The number of pyridine rings is 1. The number of aromatic nitrogens is 2. The van der Waals surface area contributed by atoms with Gasteiger partial charge in [0.05, 0.1) is 6.54 Å². The molecule has 0 bridgehead atoms. The van der Waals surface area contributed by atoms with Crippen LogP contribution in [0.1, 0.15) is 29.9 Å². The zero-order valence-electron chi connectivity index (χ0n) is 16.6. The molecule has 0 aromatic carbocycles. The Hall–Kier alpha value is -2.60. The van der Waals surface area contributed by atoms with Crippen molar-refractivity contribution in [1.29, 1.82) is 0 Å². The minimum atomic E-state index is 0.106. The van der Waals surface area contributed by atoms with Gasteiger partial charge in [0.1, 0.15) is 17.2 Å². The summed E-state index contributed by atoms with van der Waals surface area (Å²) in [5, 5.41) is 4.26. The molecule has 6 heteroatoms. The fourth-order valence-corrected chi connectivity index (χ4v) is 4.09. The van der Waals surface area contributed by atoms with Gasteiger partial charge in [-0.1, -0.05) is 0 Å². The fourth-order valence-electron chi connectivity index (χ4n) is 4.09. The molecule has 0 unspecified atom stereocenters. The maximum absolute atomic E-state index is 12.4. The summed E-state index contributed by atoms with van der Waals surface area (Å²) in [6.07, 6.45) is 6.88. The molecule has 1 fully saturated rings. The van der Waals surface area contributed by atoms with E-state index in [1.54, 1.807) is 0 Å². The van der Waals surface area contributed by atoms with Gasteiger partial charge >= 0.3 is 0 Å². The average Bonchev–Trinajstić information content (AvgIpc) is 3.28. The molecule has 28 heavy (non-hydrogen) atoms. The van der Waals surface area contributed by atoms with E-state index < -0.39 is 0 Å². The third-order valence-electron chi connectivity index (χ3n) is 5.70. The lowest BCUT2D eigenvalue weighted by Crippen LogP contribution is -2.41. The van der Waals surface area contributed by atoms with Gasteiger partial charge in [0.2, 0.25) is 5.91 Å². The van der Waals surface area contributed by atoms with E-state index in [1.165, 1.54) is 10.9 Å². The van der Waals surface area contributed by atoms with Crippen molar-refractivity contribution < 1.29 is 9.21 Å². The Morgan fingerprint density at radius 2 is 2.11 bits per heavy atom. The van der Waals surface area contributed by atoms with Crippen molar-refractivity contribution in [3.05, 3.63) is 53.7 Å². The van der Waals surface area contributed by atoms with Gasteiger partial charge in [0, 0.05) is 37.3 Å². The first-order valence-corrected chi connectivity index (χ1v) is 10.0. The quantitative estimate of drug-likeness (QED) is 0.714. The zero-order valence-corrected chi connectivity index (χ0v) is 16.6. The van der Waals surface area contributed by atoms with E-state index in [2.05, 4.69) is 32.0 Å². The van der Waals surface area contributed by atoms with Crippen LogP contribution in [0.15, 0.2) is 41.1 Å². The highest BCUT2D eigenvalue weighted by Crippen LogP contribution is 2.21. The molecule has 3 aromatic heterocycles. The van der Waals surface area contributed by atoms with Crippen LogP contribution in [0, 0.1) is 12.8 Å². The largest absolute Gasteiger partial charge is 0.465 e. The molecule has 148 valence electrons. The maximum atomic E-state index is 12.4. The van der Waals surface area contributed by atoms with Crippen LogP contribution < -0.4 is 5.32 Å². The van der Waals surface area contributed by atoms with E-state index in [-0.39, 0.29) is 11.8 Å². The number of carbonyl (C=O) groups is 1. The van der Waals surface area contributed by atoms with Gasteiger partial charge in [0.15, 0.2) is 0 Å². The fraction of sp³-hybridized carbons (Fsp3) is 0.455. The lowest BCUT2D eigenvalue weighted by atomic mass is 9.95. The van der Waals surface area contributed by atoms with Crippen LogP contribution in [0.3, 0.4) is 0 Å². The van der Waals surface area contributed by atoms with Gasteiger partial charge in [0.25, 0.3) is 0 Å². The Morgan fingerprint density at radius 3 is 2.86 bits per heavy atom. The van der Waals surface area contributed by atoms with E-state index >= 15 is 0 Å². The number of likely N-dealkylation sites (tertiary alicyclic amines) is 1. The summed E-state index contributed by atoms with van der Waals surface area (Å²) in [4.78, 5) is 19.4. The number of carbonyl (C=O) groups excluding carboxylic acids is 1. The van der Waals surface area contributed by atoms with Crippen molar-refractivity contribution in [1.82, 2.24) is 19.8 Å². The second kappa shape index (κ2) is 8.19. The summed E-state index contributed by atoms with van der Waals surface area (Å²) in [5.41, 5.74) is 2.39. The molecule has 0 radical (unpaired) electrons. The molecule has 1 amide bonds. The molecular formula is C22H28N4O2. The lowest BCUT2D eigenvalue weighted by molar-refractivity contribution is -0.126. The van der Waals surface area contributed by atoms with Gasteiger partial charge in [-0.25, -0.2) is 4.98 Å². The smallest absolute Gasteiger partial charge is 0.223 e. The Morgan fingerprint density at radius 1 is 1.29 bits per heavy atom. The second-order valence-corrected chi connectivity index (χ2v) is 7.74. The summed E-state index contributed by atoms with van der Waals surface area (Å²) in [5.74, 6) is 1.94. The topological polar surface area (TPSA) is 63.3 Å². The number of nitrogens with zero attached hydrogens (tertiary/aromatic N) is 3. The summed E-state index contributed by atoms with van der Waals surface area (Å²) in [6, 6.07) is 7.99. The van der Waals surface area contributed by atoms with Gasteiger partial charge in [-0.2, -0.15) is 0 Å². The van der Waals surface area contributed by atoms with E-state index in [4.69, 9.17) is 4.42 Å². The third kappa shape index (κ3) is 4.12. The molecule has 0 aliphatic carbocycles. The molecule has 1 aliphatic heterocycles. The number of hydrogen-bond acceptors (Lipinski definition) is 4. The van der Waals surface area contributed by atoms with Crippen molar-refractivity contribution in [3.63, 3.8) is 0 Å². The minimum Gasteiger partial charge on any atom is -0.465 e. The Kier molecular flexibility index (Phi) is 5.48. The van der Waals surface area contributed by atoms with Crippen LogP contribution in [0.25, 0.3) is 11.0 Å². The highest BCUT2D eigenvalue weighted by molar-refractivity contribution is 5.80. The summed E-state index contributed by atoms with van der Waals surface area (Å²) >= 11 is 0. The predicted octanol–water partition coefficient (Wildman–Crippen LogP) is 3.05. The van der Waals surface area contributed by atoms with Crippen LogP contribution in [-0.4, -0.2) is 40.0 Å². The third-order valence-corrected chi connectivity index (χ3v) is 5.70. The lowest BCUT2D eigenvalue weighted by Gasteiger charge is -2.31. The van der Waals surface area contributed by atoms with Crippen molar-refractivity contribution >= 4 is 16.9 Å². The van der Waals surface area contributed by atoms with Crippen LogP contribution >= 0.6 is 0 Å². The van der Waals surface area contributed by atoms with E-state index in [9.17, 15) is 4.79 Å². The molecule has 3 aromatic rings. The molecule has 1 aliphatic rings. The molecule has 0 spiro atoms. The Labute approximate surface area is 165 Å². The normalized spacial score (nSPS) is 15.9.